The highest BCUT2D eigenvalue weighted by atomic mass is 79.9. The molecule has 0 amide bonds. The number of halogens is 1. The predicted molar refractivity (Wildman–Crippen MR) is 91.8 cm³/mol. The maximum Gasteiger partial charge on any atom is 0.123 e. The molecule has 0 radical (unpaired) electrons. The van der Waals surface area contributed by atoms with Gasteiger partial charge >= 0.3 is 0 Å². The van der Waals surface area contributed by atoms with Gasteiger partial charge in [-0.25, -0.2) is 0 Å². The maximum atomic E-state index is 5.47. The molecule has 1 heterocycles. The van der Waals surface area contributed by atoms with E-state index in [1.807, 2.05) is 12.1 Å². The lowest BCUT2D eigenvalue weighted by atomic mass is 9.96. The minimum atomic E-state index is 0.592. The van der Waals surface area contributed by atoms with Gasteiger partial charge in [-0.05, 0) is 56.6 Å². The van der Waals surface area contributed by atoms with Crippen molar-refractivity contribution in [3.05, 3.63) is 28.2 Å². The van der Waals surface area contributed by atoms with Gasteiger partial charge in [0.2, 0.25) is 0 Å². The van der Waals surface area contributed by atoms with Crippen LogP contribution in [0.1, 0.15) is 32.3 Å². The van der Waals surface area contributed by atoms with E-state index >= 15 is 0 Å². The molecule has 21 heavy (non-hydrogen) atoms. The van der Waals surface area contributed by atoms with E-state index < -0.39 is 0 Å². The van der Waals surface area contributed by atoms with Crippen LogP contribution in [0.15, 0.2) is 22.7 Å². The molecule has 0 unspecified atom stereocenters. The minimum Gasteiger partial charge on any atom is -0.496 e. The standard InChI is InChI=1S/C17H27BrN2O/c1-13(2)19-11-14-6-8-20(9-7-14)12-15-10-16(18)4-5-17(15)21-3/h4-5,10,13-14,19H,6-9,11-12H2,1-3H3. The molecule has 0 aromatic heterocycles. The van der Waals surface area contributed by atoms with Crippen molar-refractivity contribution in [3.63, 3.8) is 0 Å². The number of rotatable bonds is 6. The third-order valence-electron chi connectivity index (χ3n) is 4.16. The molecule has 2 rings (SSSR count). The molecule has 1 aliphatic rings. The fourth-order valence-electron chi connectivity index (χ4n) is 2.86. The summed E-state index contributed by atoms with van der Waals surface area (Å²) in [6, 6.07) is 6.84. The summed E-state index contributed by atoms with van der Waals surface area (Å²) < 4.78 is 6.59. The summed E-state index contributed by atoms with van der Waals surface area (Å²) in [6.45, 7) is 8.93. The molecule has 0 spiro atoms. The maximum absolute atomic E-state index is 5.47. The van der Waals surface area contributed by atoms with E-state index in [0.717, 1.165) is 29.2 Å². The first-order chi connectivity index (χ1) is 10.1. The van der Waals surface area contributed by atoms with Crippen molar-refractivity contribution in [3.8, 4) is 5.75 Å². The Hall–Kier alpha value is -0.580. The van der Waals surface area contributed by atoms with Gasteiger partial charge in [-0.1, -0.05) is 29.8 Å². The Kier molecular flexibility index (Phi) is 6.52. The first kappa shape index (κ1) is 16.8. The number of nitrogens with zero attached hydrogens (tertiary/aromatic N) is 1. The first-order valence-corrected chi connectivity index (χ1v) is 8.66. The molecule has 4 heteroatoms. The summed E-state index contributed by atoms with van der Waals surface area (Å²) in [7, 11) is 1.75. The third-order valence-corrected chi connectivity index (χ3v) is 4.65. The zero-order valence-corrected chi connectivity index (χ0v) is 14.9. The second-order valence-corrected chi connectivity index (χ2v) is 7.15. The van der Waals surface area contributed by atoms with Gasteiger partial charge in [-0.2, -0.15) is 0 Å². The van der Waals surface area contributed by atoms with Crippen molar-refractivity contribution < 1.29 is 4.74 Å². The van der Waals surface area contributed by atoms with Crippen molar-refractivity contribution in [2.75, 3.05) is 26.7 Å². The van der Waals surface area contributed by atoms with Gasteiger partial charge in [0.05, 0.1) is 7.11 Å². The summed E-state index contributed by atoms with van der Waals surface area (Å²) in [6.07, 6.45) is 2.58. The largest absolute Gasteiger partial charge is 0.496 e. The van der Waals surface area contributed by atoms with Crippen LogP contribution in [-0.4, -0.2) is 37.7 Å². The Balaban J connectivity index is 1.84. The highest BCUT2D eigenvalue weighted by Gasteiger charge is 2.20. The van der Waals surface area contributed by atoms with E-state index in [0.29, 0.717) is 6.04 Å². The molecule has 1 fully saturated rings. The highest BCUT2D eigenvalue weighted by molar-refractivity contribution is 9.10. The van der Waals surface area contributed by atoms with E-state index in [9.17, 15) is 0 Å². The van der Waals surface area contributed by atoms with Gasteiger partial charge in [0, 0.05) is 22.6 Å². The molecule has 1 saturated heterocycles. The summed E-state index contributed by atoms with van der Waals surface area (Å²) >= 11 is 3.55. The van der Waals surface area contributed by atoms with Gasteiger partial charge in [0.25, 0.3) is 0 Å². The zero-order chi connectivity index (χ0) is 15.2. The van der Waals surface area contributed by atoms with Crippen molar-refractivity contribution in [2.24, 2.45) is 5.92 Å². The number of methoxy groups -OCH3 is 1. The number of nitrogens with one attached hydrogen (secondary N) is 1. The third kappa shape index (κ3) is 5.28. The quantitative estimate of drug-likeness (QED) is 0.843. The minimum absolute atomic E-state index is 0.592. The second kappa shape index (κ2) is 8.16. The fraction of sp³-hybridized carbons (Fsp3) is 0.647. The van der Waals surface area contributed by atoms with Crippen LogP contribution in [0.3, 0.4) is 0 Å². The Morgan fingerprint density at radius 3 is 2.67 bits per heavy atom. The van der Waals surface area contributed by atoms with Crippen molar-refractivity contribution in [1.29, 1.82) is 0 Å². The lowest BCUT2D eigenvalue weighted by Gasteiger charge is -2.32. The average Bonchev–Trinajstić information content (AvgIpc) is 2.47. The number of piperidine rings is 1. The Morgan fingerprint density at radius 1 is 1.33 bits per heavy atom. The van der Waals surface area contributed by atoms with E-state index in [4.69, 9.17) is 4.74 Å². The Labute approximate surface area is 137 Å². The molecular formula is C17H27BrN2O. The molecular weight excluding hydrogens is 328 g/mol. The molecule has 1 aromatic rings. The summed E-state index contributed by atoms with van der Waals surface area (Å²) in [5, 5.41) is 3.56. The van der Waals surface area contributed by atoms with Gasteiger partial charge in [-0.15, -0.1) is 0 Å². The van der Waals surface area contributed by atoms with E-state index in [1.54, 1.807) is 7.11 Å². The zero-order valence-electron chi connectivity index (χ0n) is 13.4. The molecule has 1 aromatic carbocycles. The monoisotopic (exact) mass is 354 g/mol. The molecule has 0 saturated carbocycles. The van der Waals surface area contributed by atoms with Crippen LogP contribution in [0, 0.1) is 5.92 Å². The summed E-state index contributed by atoms with van der Waals surface area (Å²) in [5.41, 5.74) is 1.27. The fourth-order valence-corrected chi connectivity index (χ4v) is 3.27. The van der Waals surface area contributed by atoms with E-state index in [2.05, 4.69) is 46.1 Å². The van der Waals surface area contributed by atoms with Crippen LogP contribution < -0.4 is 10.1 Å². The smallest absolute Gasteiger partial charge is 0.123 e. The number of ether oxygens (including phenoxy) is 1. The Morgan fingerprint density at radius 2 is 2.05 bits per heavy atom. The molecule has 3 nitrogen and oxygen atoms in total. The van der Waals surface area contributed by atoms with Gasteiger partial charge in [-0.3, -0.25) is 4.90 Å². The van der Waals surface area contributed by atoms with Crippen molar-refractivity contribution in [1.82, 2.24) is 10.2 Å². The van der Waals surface area contributed by atoms with Crippen LogP contribution in [0.5, 0.6) is 5.75 Å². The number of hydrogen-bond acceptors (Lipinski definition) is 3. The predicted octanol–water partition coefficient (Wildman–Crippen LogP) is 3.67. The van der Waals surface area contributed by atoms with Gasteiger partial charge < -0.3 is 10.1 Å². The van der Waals surface area contributed by atoms with Crippen LogP contribution in [0.2, 0.25) is 0 Å². The van der Waals surface area contributed by atoms with Gasteiger partial charge in [0.15, 0.2) is 0 Å². The Bertz CT molecular complexity index is 442. The molecule has 1 N–H and O–H groups in total. The lowest BCUT2D eigenvalue weighted by molar-refractivity contribution is 0.172. The lowest BCUT2D eigenvalue weighted by Crippen LogP contribution is -2.38. The highest BCUT2D eigenvalue weighted by Crippen LogP contribution is 2.26. The van der Waals surface area contributed by atoms with Crippen LogP contribution in [0.4, 0.5) is 0 Å². The number of hydrogen-bond donors (Lipinski definition) is 1. The SMILES string of the molecule is COc1ccc(Br)cc1CN1CCC(CNC(C)C)CC1. The van der Waals surface area contributed by atoms with Gasteiger partial charge in [0.1, 0.15) is 5.75 Å². The summed E-state index contributed by atoms with van der Waals surface area (Å²) in [4.78, 5) is 2.54. The molecule has 1 aliphatic heterocycles. The topological polar surface area (TPSA) is 24.5 Å². The van der Waals surface area contributed by atoms with Crippen LogP contribution in [0.25, 0.3) is 0 Å². The average molecular weight is 355 g/mol. The number of benzene rings is 1. The van der Waals surface area contributed by atoms with Crippen LogP contribution in [-0.2, 0) is 6.54 Å². The molecule has 0 atom stereocenters. The van der Waals surface area contributed by atoms with Crippen molar-refractivity contribution >= 4 is 15.9 Å². The molecule has 118 valence electrons. The van der Waals surface area contributed by atoms with E-state index in [-0.39, 0.29) is 0 Å². The summed E-state index contributed by atoms with van der Waals surface area (Å²) in [5.74, 6) is 1.81. The normalized spacial score (nSPS) is 17.4. The first-order valence-electron chi connectivity index (χ1n) is 7.86. The van der Waals surface area contributed by atoms with E-state index in [1.165, 1.54) is 31.5 Å². The second-order valence-electron chi connectivity index (χ2n) is 6.24. The number of likely N-dealkylation sites (tertiary alicyclic amines) is 1. The molecule has 0 bridgehead atoms. The molecule has 0 aliphatic carbocycles. The van der Waals surface area contributed by atoms with Crippen LogP contribution >= 0.6 is 15.9 Å². The van der Waals surface area contributed by atoms with Crippen molar-refractivity contribution in [2.45, 2.75) is 39.3 Å².